The van der Waals surface area contributed by atoms with Crippen molar-refractivity contribution in [2.45, 2.75) is 24.7 Å². The van der Waals surface area contributed by atoms with Crippen LogP contribution in [0.5, 0.6) is 0 Å². The van der Waals surface area contributed by atoms with E-state index < -0.39 is 16.8 Å². The number of nitrogens with zero attached hydrogens (tertiary/aromatic N) is 1. The predicted molar refractivity (Wildman–Crippen MR) is 103 cm³/mol. The largest absolute Gasteiger partial charge is 0.367 e. The highest BCUT2D eigenvalue weighted by Gasteiger charge is 2.56. The van der Waals surface area contributed by atoms with E-state index in [1.807, 2.05) is 24.3 Å². The van der Waals surface area contributed by atoms with Gasteiger partial charge in [-0.05, 0) is 25.0 Å². The number of benzene rings is 2. The summed E-state index contributed by atoms with van der Waals surface area (Å²) in [4.78, 5) is 24.1. The van der Waals surface area contributed by atoms with Gasteiger partial charge in [-0.3, -0.25) is 14.9 Å². The van der Waals surface area contributed by atoms with Crippen molar-refractivity contribution in [1.82, 2.24) is 0 Å². The number of hydrogen-bond acceptors (Lipinski definition) is 6. The molecule has 0 spiro atoms. The van der Waals surface area contributed by atoms with Crippen LogP contribution >= 0.6 is 0 Å². The number of fused-ring (bicyclic) bond motifs is 1. The summed E-state index contributed by atoms with van der Waals surface area (Å²) in [5.74, 6) is -0.535. The summed E-state index contributed by atoms with van der Waals surface area (Å²) in [5.41, 5.74) is 0.777. The summed E-state index contributed by atoms with van der Waals surface area (Å²) in [6, 6.07) is 13.6. The average Bonchev–Trinajstić information content (AvgIpc) is 3.00. The van der Waals surface area contributed by atoms with E-state index in [0.29, 0.717) is 24.4 Å². The Bertz CT molecular complexity index is 918. The van der Waals surface area contributed by atoms with E-state index in [0.717, 1.165) is 12.0 Å². The Balaban J connectivity index is 1.84. The number of rotatable bonds is 5. The minimum absolute atomic E-state index is 0.0463. The fraction of sp³-hybridized carbons (Fsp3) is 0.350. The summed E-state index contributed by atoms with van der Waals surface area (Å²) in [7, 11) is 1.56. The Morgan fingerprint density at radius 1 is 1.29 bits per heavy atom. The molecular weight excluding hydrogens is 362 g/mol. The van der Waals surface area contributed by atoms with Crippen LogP contribution in [0.3, 0.4) is 0 Å². The lowest BCUT2D eigenvalue weighted by atomic mass is 9.74. The number of nitrogens with one attached hydrogen (secondary N) is 2. The van der Waals surface area contributed by atoms with Crippen molar-refractivity contribution >= 4 is 23.0 Å². The van der Waals surface area contributed by atoms with Gasteiger partial charge in [0, 0.05) is 48.7 Å². The number of para-hydroxylation sites is 1. The van der Waals surface area contributed by atoms with Gasteiger partial charge < -0.3 is 20.1 Å². The Hall–Kier alpha value is -2.97. The van der Waals surface area contributed by atoms with Crippen molar-refractivity contribution < 1.29 is 19.2 Å². The maximum atomic E-state index is 13.3. The zero-order valence-corrected chi connectivity index (χ0v) is 15.4. The maximum Gasteiger partial charge on any atom is 0.271 e. The summed E-state index contributed by atoms with van der Waals surface area (Å²) in [6.45, 7) is 0.561. The van der Waals surface area contributed by atoms with Gasteiger partial charge in [-0.25, -0.2) is 0 Å². The highest BCUT2D eigenvalue weighted by atomic mass is 16.7. The van der Waals surface area contributed by atoms with Crippen LogP contribution in [0.4, 0.5) is 17.1 Å². The third kappa shape index (κ3) is 2.90. The standard InChI is InChI=1S/C20H21N3O5/c1-27-18-16(9-5-11-28-18)20(15-8-2-3-10-17(15)21-19(20)24)22-13-6-4-7-14(12-13)23(25)26/h2-4,6-8,10,12,16,18,22H,5,9,11H2,1H3,(H,21,24)/t16-,18-,20-/m1/s1. The van der Waals surface area contributed by atoms with Crippen LogP contribution in [-0.4, -0.2) is 30.8 Å². The number of nitro benzene ring substituents is 1. The van der Waals surface area contributed by atoms with Gasteiger partial charge in [-0.15, -0.1) is 0 Å². The molecule has 0 saturated carbocycles. The predicted octanol–water partition coefficient (Wildman–Crippen LogP) is 3.25. The van der Waals surface area contributed by atoms with E-state index in [9.17, 15) is 14.9 Å². The second kappa shape index (κ2) is 7.21. The molecule has 0 radical (unpaired) electrons. The molecule has 1 amide bonds. The molecule has 28 heavy (non-hydrogen) atoms. The van der Waals surface area contributed by atoms with Crippen LogP contribution in [0.15, 0.2) is 48.5 Å². The lowest BCUT2D eigenvalue weighted by Crippen LogP contribution is -2.54. The summed E-state index contributed by atoms with van der Waals surface area (Å²) in [5, 5.41) is 17.4. The second-order valence-corrected chi connectivity index (χ2v) is 6.96. The van der Waals surface area contributed by atoms with Crippen molar-refractivity contribution in [3.63, 3.8) is 0 Å². The number of non-ortho nitro benzene ring substituents is 1. The van der Waals surface area contributed by atoms with Crippen molar-refractivity contribution in [2.75, 3.05) is 24.4 Å². The number of methoxy groups -OCH3 is 1. The van der Waals surface area contributed by atoms with Crippen LogP contribution in [0.2, 0.25) is 0 Å². The first kappa shape index (κ1) is 18.4. The highest BCUT2D eigenvalue weighted by molar-refractivity contribution is 6.08. The van der Waals surface area contributed by atoms with Gasteiger partial charge in [0.25, 0.3) is 11.6 Å². The molecule has 2 N–H and O–H groups in total. The average molecular weight is 383 g/mol. The Morgan fingerprint density at radius 2 is 2.11 bits per heavy atom. The summed E-state index contributed by atoms with van der Waals surface area (Å²) < 4.78 is 11.3. The van der Waals surface area contributed by atoms with Gasteiger partial charge in [0.05, 0.1) is 4.92 Å². The van der Waals surface area contributed by atoms with Gasteiger partial charge in [0.1, 0.15) is 0 Å². The molecular formula is C20H21N3O5. The molecule has 2 aliphatic heterocycles. The first-order valence-electron chi connectivity index (χ1n) is 9.14. The normalized spacial score (nSPS) is 26.4. The van der Waals surface area contributed by atoms with Crippen molar-refractivity contribution in [3.05, 3.63) is 64.2 Å². The van der Waals surface area contributed by atoms with Crippen LogP contribution in [0, 0.1) is 16.0 Å². The van der Waals surface area contributed by atoms with E-state index in [-0.39, 0.29) is 17.5 Å². The molecule has 2 aliphatic rings. The van der Waals surface area contributed by atoms with Crippen molar-refractivity contribution in [1.29, 1.82) is 0 Å². The van der Waals surface area contributed by atoms with E-state index in [1.165, 1.54) is 12.1 Å². The molecule has 3 atom stereocenters. The molecule has 0 aliphatic carbocycles. The van der Waals surface area contributed by atoms with Crippen LogP contribution in [0.1, 0.15) is 18.4 Å². The quantitative estimate of drug-likeness (QED) is 0.607. The van der Waals surface area contributed by atoms with Gasteiger partial charge in [-0.2, -0.15) is 0 Å². The maximum absolute atomic E-state index is 13.3. The third-order valence-electron chi connectivity index (χ3n) is 5.42. The monoisotopic (exact) mass is 383 g/mol. The van der Waals surface area contributed by atoms with Crippen LogP contribution < -0.4 is 10.6 Å². The van der Waals surface area contributed by atoms with E-state index >= 15 is 0 Å². The lowest BCUT2D eigenvalue weighted by molar-refractivity contribution is -0.384. The SMILES string of the molecule is CO[C@@H]1OCCC[C@H]1[C@@]1(Nc2cccc([N+](=O)[O-])c2)C(=O)Nc2ccccc21. The molecule has 8 heteroatoms. The first-order valence-corrected chi connectivity index (χ1v) is 9.14. The van der Waals surface area contributed by atoms with E-state index in [1.54, 1.807) is 19.2 Å². The first-order chi connectivity index (χ1) is 13.6. The molecule has 0 aromatic heterocycles. The molecule has 146 valence electrons. The number of carbonyl (C=O) groups excluding carboxylic acids is 1. The fourth-order valence-corrected chi connectivity index (χ4v) is 4.20. The Labute approximate surface area is 162 Å². The minimum atomic E-state index is -1.16. The second-order valence-electron chi connectivity index (χ2n) is 6.96. The molecule has 1 saturated heterocycles. The zero-order valence-electron chi connectivity index (χ0n) is 15.4. The van der Waals surface area contributed by atoms with Crippen molar-refractivity contribution in [3.8, 4) is 0 Å². The minimum Gasteiger partial charge on any atom is -0.367 e. The number of amides is 1. The number of anilines is 2. The highest BCUT2D eigenvalue weighted by Crippen LogP contribution is 2.48. The fourth-order valence-electron chi connectivity index (χ4n) is 4.20. The lowest BCUT2D eigenvalue weighted by Gasteiger charge is -2.43. The number of hydrogen-bond donors (Lipinski definition) is 2. The van der Waals surface area contributed by atoms with E-state index in [2.05, 4.69) is 10.6 Å². The topological polar surface area (TPSA) is 103 Å². The molecule has 4 rings (SSSR count). The Morgan fingerprint density at radius 3 is 2.89 bits per heavy atom. The third-order valence-corrected chi connectivity index (χ3v) is 5.42. The molecule has 1 fully saturated rings. The van der Waals surface area contributed by atoms with Crippen LogP contribution in [0.25, 0.3) is 0 Å². The Kier molecular flexibility index (Phi) is 4.74. The molecule has 0 bridgehead atoms. The van der Waals surface area contributed by atoms with E-state index in [4.69, 9.17) is 9.47 Å². The zero-order chi connectivity index (χ0) is 19.7. The van der Waals surface area contributed by atoms with Gasteiger partial charge in [0.2, 0.25) is 0 Å². The summed E-state index contributed by atoms with van der Waals surface area (Å²) in [6.07, 6.45) is 0.928. The summed E-state index contributed by atoms with van der Waals surface area (Å²) >= 11 is 0. The van der Waals surface area contributed by atoms with Gasteiger partial charge in [-0.1, -0.05) is 24.3 Å². The number of nitro groups is 1. The molecule has 0 unspecified atom stereocenters. The van der Waals surface area contributed by atoms with Gasteiger partial charge >= 0.3 is 0 Å². The van der Waals surface area contributed by atoms with Crippen molar-refractivity contribution in [2.24, 2.45) is 5.92 Å². The number of carbonyl (C=O) groups is 1. The number of ether oxygens (including phenoxy) is 2. The smallest absolute Gasteiger partial charge is 0.271 e. The van der Waals surface area contributed by atoms with Gasteiger partial charge in [0.15, 0.2) is 11.8 Å². The molecule has 2 aromatic carbocycles. The molecule has 2 aromatic rings. The van der Waals surface area contributed by atoms with Crippen LogP contribution in [-0.2, 0) is 19.8 Å². The molecule has 8 nitrogen and oxygen atoms in total. The molecule has 2 heterocycles.